The van der Waals surface area contributed by atoms with Gasteiger partial charge in [-0.2, -0.15) is 0 Å². The number of piperidine rings is 1. The highest BCUT2D eigenvalue weighted by Crippen LogP contribution is 2.22. The van der Waals surface area contributed by atoms with E-state index in [1.165, 1.54) is 6.07 Å². The molecule has 4 nitrogen and oxygen atoms in total. The topological polar surface area (TPSA) is 51.3 Å². The zero-order valence-electron chi connectivity index (χ0n) is 9.32. The number of rotatable bonds is 1. The summed E-state index contributed by atoms with van der Waals surface area (Å²) < 4.78 is 1.69. The van der Waals surface area contributed by atoms with Gasteiger partial charge in [0.1, 0.15) is 0 Å². The Morgan fingerprint density at radius 1 is 1.44 bits per heavy atom. The van der Waals surface area contributed by atoms with E-state index < -0.39 is 0 Å². The highest BCUT2D eigenvalue weighted by atomic mass is 35.5. The van der Waals surface area contributed by atoms with Crippen molar-refractivity contribution in [3.05, 3.63) is 27.6 Å². The molecule has 5 heteroatoms. The fourth-order valence-corrected chi connectivity index (χ4v) is 2.36. The molecular formula is C11H16ClN3O. The molecule has 0 amide bonds. The molecule has 0 atom stereocenters. The molecule has 88 valence electrons. The Bertz CT molecular complexity index is 435. The number of halogens is 1. The molecule has 2 heterocycles. The number of hydrogen-bond acceptors (Lipinski definition) is 3. The van der Waals surface area contributed by atoms with Crippen molar-refractivity contribution in [3.8, 4) is 0 Å². The van der Waals surface area contributed by atoms with Crippen LogP contribution in [0.15, 0.2) is 17.1 Å². The molecule has 0 bridgehead atoms. The number of hydrogen-bond donors (Lipinski definition) is 1. The number of anilines is 1. The van der Waals surface area contributed by atoms with Crippen LogP contribution in [0.5, 0.6) is 0 Å². The molecule has 0 spiro atoms. The standard InChI is InChI=1S/C11H16ClN3O/c1-14-4-2-9(3-5-14)15-7-8(12)6-10(13)11(15)16/h6-7,9H,2-5,13H2,1H3. The summed E-state index contributed by atoms with van der Waals surface area (Å²) in [5, 5.41) is 0.524. The van der Waals surface area contributed by atoms with Crippen molar-refractivity contribution in [3.63, 3.8) is 0 Å². The second kappa shape index (κ2) is 4.47. The van der Waals surface area contributed by atoms with Crippen LogP contribution in [-0.2, 0) is 0 Å². The number of nitrogens with two attached hydrogens (primary N) is 1. The van der Waals surface area contributed by atoms with Crippen LogP contribution in [-0.4, -0.2) is 29.6 Å². The molecule has 1 aromatic rings. The van der Waals surface area contributed by atoms with Crippen molar-refractivity contribution in [2.45, 2.75) is 18.9 Å². The molecule has 1 saturated heterocycles. The Labute approximate surface area is 99.6 Å². The first-order chi connectivity index (χ1) is 7.58. The van der Waals surface area contributed by atoms with Gasteiger partial charge in [-0.15, -0.1) is 0 Å². The van der Waals surface area contributed by atoms with Crippen molar-refractivity contribution >= 4 is 17.3 Å². The van der Waals surface area contributed by atoms with Gasteiger partial charge in [-0.25, -0.2) is 0 Å². The van der Waals surface area contributed by atoms with E-state index in [1.54, 1.807) is 10.8 Å². The summed E-state index contributed by atoms with van der Waals surface area (Å²) in [4.78, 5) is 14.1. The fraction of sp³-hybridized carbons (Fsp3) is 0.545. The summed E-state index contributed by atoms with van der Waals surface area (Å²) in [7, 11) is 2.09. The van der Waals surface area contributed by atoms with Crippen LogP contribution < -0.4 is 11.3 Å². The highest BCUT2D eigenvalue weighted by Gasteiger charge is 2.19. The zero-order valence-corrected chi connectivity index (χ0v) is 10.1. The molecule has 0 saturated carbocycles. The van der Waals surface area contributed by atoms with Crippen LogP contribution in [0.4, 0.5) is 5.69 Å². The molecule has 2 rings (SSSR count). The molecule has 0 aliphatic carbocycles. The van der Waals surface area contributed by atoms with Crippen LogP contribution in [0.1, 0.15) is 18.9 Å². The van der Waals surface area contributed by atoms with Crippen LogP contribution >= 0.6 is 11.6 Å². The third-order valence-electron chi connectivity index (χ3n) is 3.12. The highest BCUT2D eigenvalue weighted by molar-refractivity contribution is 6.30. The average Bonchev–Trinajstić information content (AvgIpc) is 2.25. The Hall–Kier alpha value is -1.00. The maximum atomic E-state index is 11.9. The lowest BCUT2D eigenvalue weighted by molar-refractivity contribution is 0.219. The number of likely N-dealkylation sites (tertiary alicyclic amines) is 1. The first kappa shape index (κ1) is 11.5. The maximum absolute atomic E-state index is 11.9. The van der Waals surface area contributed by atoms with Crippen LogP contribution in [0.2, 0.25) is 5.02 Å². The van der Waals surface area contributed by atoms with E-state index in [1.807, 2.05) is 0 Å². The van der Waals surface area contributed by atoms with Gasteiger partial charge in [0, 0.05) is 12.2 Å². The lowest BCUT2D eigenvalue weighted by Gasteiger charge is -2.30. The third-order valence-corrected chi connectivity index (χ3v) is 3.33. The van der Waals surface area contributed by atoms with Crippen molar-refractivity contribution in [2.24, 2.45) is 0 Å². The van der Waals surface area contributed by atoms with Gasteiger partial charge >= 0.3 is 0 Å². The van der Waals surface area contributed by atoms with Gasteiger partial charge in [-0.1, -0.05) is 11.6 Å². The monoisotopic (exact) mass is 241 g/mol. The normalized spacial score (nSPS) is 18.9. The van der Waals surface area contributed by atoms with E-state index in [-0.39, 0.29) is 17.3 Å². The van der Waals surface area contributed by atoms with E-state index in [0.29, 0.717) is 5.02 Å². The van der Waals surface area contributed by atoms with E-state index in [2.05, 4.69) is 11.9 Å². The maximum Gasteiger partial charge on any atom is 0.274 e. The van der Waals surface area contributed by atoms with Gasteiger partial charge < -0.3 is 15.2 Å². The molecule has 1 aromatic heterocycles. The van der Waals surface area contributed by atoms with E-state index in [9.17, 15) is 4.79 Å². The van der Waals surface area contributed by atoms with E-state index in [0.717, 1.165) is 25.9 Å². The summed E-state index contributed by atoms with van der Waals surface area (Å²) in [5.74, 6) is 0. The Kier molecular flexibility index (Phi) is 3.21. The summed E-state index contributed by atoms with van der Waals surface area (Å²) in [6.45, 7) is 2.01. The summed E-state index contributed by atoms with van der Waals surface area (Å²) in [6.07, 6.45) is 3.63. The molecule has 0 unspecified atom stereocenters. The van der Waals surface area contributed by atoms with Crippen molar-refractivity contribution in [2.75, 3.05) is 25.9 Å². The Balaban J connectivity index is 2.30. The molecule has 0 radical (unpaired) electrons. The third kappa shape index (κ3) is 2.23. The first-order valence-corrected chi connectivity index (χ1v) is 5.81. The summed E-state index contributed by atoms with van der Waals surface area (Å²) in [5.41, 5.74) is 5.73. The van der Waals surface area contributed by atoms with E-state index >= 15 is 0 Å². The fourth-order valence-electron chi connectivity index (χ4n) is 2.13. The molecule has 0 aromatic carbocycles. The predicted molar refractivity (Wildman–Crippen MR) is 65.9 cm³/mol. The molecule has 1 aliphatic heterocycles. The number of nitrogens with zero attached hydrogens (tertiary/aromatic N) is 2. The summed E-state index contributed by atoms with van der Waals surface area (Å²) >= 11 is 5.92. The molecule has 16 heavy (non-hydrogen) atoms. The molecular weight excluding hydrogens is 226 g/mol. The van der Waals surface area contributed by atoms with Gasteiger partial charge in [0.25, 0.3) is 5.56 Å². The van der Waals surface area contributed by atoms with Gasteiger partial charge in [-0.05, 0) is 39.0 Å². The van der Waals surface area contributed by atoms with Gasteiger partial charge in [0.2, 0.25) is 0 Å². The Morgan fingerprint density at radius 2 is 2.06 bits per heavy atom. The van der Waals surface area contributed by atoms with Crippen LogP contribution in [0.25, 0.3) is 0 Å². The second-order valence-electron chi connectivity index (χ2n) is 4.36. The van der Waals surface area contributed by atoms with Crippen molar-refractivity contribution in [1.29, 1.82) is 0 Å². The lowest BCUT2D eigenvalue weighted by Crippen LogP contribution is -2.35. The lowest BCUT2D eigenvalue weighted by atomic mass is 10.1. The van der Waals surface area contributed by atoms with Crippen molar-refractivity contribution in [1.82, 2.24) is 9.47 Å². The minimum Gasteiger partial charge on any atom is -0.394 e. The smallest absolute Gasteiger partial charge is 0.274 e. The zero-order chi connectivity index (χ0) is 11.7. The second-order valence-corrected chi connectivity index (χ2v) is 4.80. The van der Waals surface area contributed by atoms with Crippen molar-refractivity contribution < 1.29 is 0 Å². The molecule has 2 N–H and O–H groups in total. The van der Waals surface area contributed by atoms with Gasteiger partial charge in [-0.3, -0.25) is 4.79 Å². The van der Waals surface area contributed by atoms with Gasteiger partial charge in [0.15, 0.2) is 0 Å². The Morgan fingerprint density at radius 3 is 2.69 bits per heavy atom. The van der Waals surface area contributed by atoms with Crippen LogP contribution in [0.3, 0.4) is 0 Å². The number of nitrogen functional groups attached to an aromatic ring is 1. The predicted octanol–water partition coefficient (Wildman–Crippen LogP) is 1.35. The SMILES string of the molecule is CN1CCC(n2cc(Cl)cc(N)c2=O)CC1. The minimum absolute atomic E-state index is 0.126. The van der Waals surface area contributed by atoms with E-state index in [4.69, 9.17) is 17.3 Å². The van der Waals surface area contributed by atoms with Crippen LogP contribution in [0, 0.1) is 0 Å². The number of aromatic nitrogens is 1. The average molecular weight is 242 g/mol. The summed E-state index contributed by atoms with van der Waals surface area (Å²) in [6, 6.07) is 1.74. The first-order valence-electron chi connectivity index (χ1n) is 5.43. The molecule has 1 aliphatic rings. The minimum atomic E-state index is -0.126. The number of pyridine rings is 1. The largest absolute Gasteiger partial charge is 0.394 e. The van der Waals surface area contributed by atoms with Gasteiger partial charge in [0.05, 0.1) is 10.7 Å². The molecule has 1 fully saturated rings. The quantitative estimate of drug-likeness (QED) is 0.808.